The van der Waals surface area contributed by atoms with Gasteiger partial charge in [0.15, 0.2) is 0 Å². The Kier molecular flexibility index (Phi) is 6.66. The molecule has 3 atom stereocenters. The van der Waals surface area contributed by atoms with Gasteiger partial charge in [0.2, 0.25) is 0 Å². The fourth-order valence-electron chi connectivity index (χ4n) is 4.87. The number of nitrogens with zero attached hydrogens (tertiary/aromatic N) is 2. The predicted molar refractivity (Wildman–Crippen MR) is 130 cm³/mol. The van der Waals surface area contributed by atoms with E-state index in [-0.39, 0.29) is 5.91 Å². The summed E-state index contributed by atoms with van der Waals surface area (Å²) in [6, 6.07) is 9.63. The van der Waals surface area contributed by atoms with E-state index in [1.165, 1.54) is 11.1 Å². The second-order valence-corrected chi connectivity index (χ2v) is 9.79. The summed E-state index contributed by atoms with van der Waals surface area (Å²) in [6.07, 6.45) is 5.93. The maximum atomic E-state index is 12.6. The van der Waals surface area contributed by atoms with Crippen molar-refractivity contribution in [3.8, 4) is 0 Å². The average molecular weight is 451 g/mol. The van der Waals surface area contributed by atoms with E-state index in [0.29, 0.717) is 40.9 Å². The number of carbonyl (C=O) groups is 1. The van der Waals surface area contributed by atoms with Crippen LogP contribution in [0.2, 0.25) is 5.15 Å². The van der Waals surface area contributed by atoms with Crippen molar-refractivity contribution >= 4 is 28.5 Å². The molecular weight excluding hydrogens is 420 g/mol. The second kappa shape index (κ2) is 9.45. The Hall–Kier alpha value is -2.66. The molecule has 5 nitrogen and oxygen atoms in total. The summed E-state index contributed by atoms with van der Waals surface area (Å²) in [5, 5.41) is 3.43. The van der Waals surface area contributed by atoms with Gasteiger partial charge in [-0.3, -0.25) is 4.79 Å². The molecule has 3 aromatic rings. The van der Waals surface area contributed by atoms with Crippen LogP contribution in [0.3, 0.4) is 0 Å². The Morgan fingerprint density at radius 2 is 2.06 bits per heavy atom. The lowest BCUT2D eigenvalue weighted by Crippen LogP contribution is -2.37. The van der Waals surface area contributed by atoms with Gasteiger partial charge in [-0.2, -0.15) is 0 Å². The van der Waals surface area contributed by atoms with Crippen LogP contribution >= 0.6 is 11.6 Å². The highest BCUT2D eigenvalue weighted by atomic mass is 35.5. The van der Waals surface area contributed by atoms with Crippen LogP contribution in [-0.2, 0) is 6.42 Å². The zero-order valence-electron chi connectivity index (χ0n) is 19.2. The van der Waals surface area contributed by atoms with Gasteiger partial charge >= 0.3 is 0 Å². The molecule has 0 aliphatic heterocycles. The lowest BCUT2D eigenvalue weighted by atomic mass is 9.69. The number of hydrogen-bond donors (Lipinski definition) is 2. The number of nitrogens with one attached hydrogen (secondary N) is 2. The molecule has 1 amide bonds. The van der Waals surface area contributed by atoms with Crippen LogP contribution in [0.1, 0.15) is 48.9 Å². The van der Waals surface area contributed by atoms with Crippen molar-refractivity contribution in [3.05, 3.63) is 70.3 Å². The number of H-pyrrole nitrogens is 1. The molecule has 32 heavy (non-hydrogen) atoms. The van der Waals surface area contributed by atoms with Crippen molar-refractivity contribution in [3.63, 3.8) is 0 Å². The molecule has 0 spiro atoms. The van der Waals surface area contributed by atoms with Crippen LogP contribution in [0.5, 0.6) is 0 Å². The smallest absolute Gasteiger partial charge is 0.251 e. The zero-order valence-corrected chi connectivity index (χ0v) is 19.9. The topological polar surface area (TPSA) is 70.7 Å². The highest BCUT2D eigenvalue weighted by Crippen LogP contribution is 2.38. The molecule has 0 saturated heterocycles. The third-order valence-corrected chi connectivity index (χ3v) is 6.90. The van der Waals surface area contributed by atoms with E-state index < -0.39 is 0 Å². The number of benzene rings is 1. The summed E-state index contributed by atoms with van der Waals surface area (Å²) < 4.78 is 0. The number of hydrogen-bond acceptors (Lipinski definition) is 3. The van der Waals surface area contributed by atoms with E-state index in [4.69, 9.17) is 16.6 Å². The van der Waals surface area contributed by atoms with Crippen molar-refractivity contribution in [1.29, 1.82) is 0 Å². The summed E-state index contributed by atoms with van der Waals surface area (Å²) >= 11 is 5.93. The summed E-state index contributed by atoms with van der Waals surface area (Å²) in [6.45, 7) is 9.49. The lowest BCUT2D eigenvalue weighted by molar-refractivity contribution is 0.0939. The summed E-state index contributed by atoms with van der Waals surface area (Å²) in [5.41, 5.74) is 5.29. The molecule has 0 radical (unpaired) electrons. The fraction of sp³-hybridized carbons (Fsp3) is 0.423. The van der Waals surface area contributed by atoms with E-state index in [1.54, 1.807) is 18.3 Å². The largest absolute Gasteiger partial charge is 0.351 e. The number of amides is 1. The molecule has 4 rings (SSSR count). The third-order valence-electron chi connectivity index (χ3n) is 6.70. The minimum Gasteiger partial charge on any atom is -0.351 e. The minimum absolute atomic E-state index is 0.109. The standard InChI is InChI=1S/C26H31ClN4O/c1-15(2)21-11-19(13-25-30-22-6-5-16(3)9-23(22)31-25)17(4)10-20(21)14-29-26(32)18-7-8-28-24(27)12-18/h5-10,12,15,19-21H,11,13-14H2,1-4H3,(H,29,32)(H,30,31)/t19-,20-,21-/m0/s1. The molecule has 0 bridgehead atoms. The molecular formula is C26H31ClN4O. The van der Waals surface area contributed by atoms with Crippen LogP contribution in [0, 0.1) is 30.6 Å². The number of allylic oxidation sites excluding steroid dienone is 1. The van der Waals surface area contributed by atoms with Gasteiger partial charge in [0.05, 0.1) is 11.0 Å². The van der Waals surface area contributed by atoms with Gasteiger partial charge in [-0.1, -0.05) is 43.2 Å². The molecule has 1 aliphatic carbocycles. The van der Waals surface area contributed by atoms with Crippen molar-refractivity contribution in [2.75, 3.05) is 6.54 Å². The summed E-state index contributed by atoms with van der Waals surface area (Å²) in [5.74, 6) is 2.73. The van der Waals surface area contributed by atoms with E-state index in [2.05, 4.69) is 67.3 Å². The molecule has 1 aromatic carbocycles. The van der Waals surface area contributed by atoms with E-state index in [9.17, 15) is 4.79 Å². The molecule has 0 saturated carbocycles. The van der Waals surface area contributed by atoms with Gasteiger partial charge < -0.3 is 10.3 Å². The zero-order chi connectivity index (χ0) is 22.8. The second-order valence-electron chi connectivity index (χ2n) is 9.40. The van der Waals surface area contributed by atoms with Gasteiger partial charge in [-0.05, 0) is 73.8 Å². The summed E-state index contributed by atoms with van der Waals surface area (Å²) in [7, 11) is 0. The number of aromatic amines is 1. The first-order chi connectivity index (χ1) is 15.3. The molecule has 168 valence electrons. The highest BCUT2D eigenvalue weighted by Gasteiger charge is 2.32. The molecule has 0 unspecified atom stereocenters. The van der Waals surface area contributed by atoms with Crippen LogP contribution in [0.15, 0.2) is 48.2 Å². The first-order valence-electron chi connectivity index (χ1n) is 11.3. The number of fused-ring (bicyclic) bond motifs is 1. The van der Waals surface area contributed by atoms with Gasteiger partial charge in [0.25, 0.3) is 5.91 Å². The van der Waals surface area contributed by atoms with Crippen LogP contribution < -0.4 is 5.32 Å². The Morgan fingerprint density at radius 1 is 1.25 bits per heavy atom. The van der Waals surface area contributed by atoms with Crippen LogP contribution in [0.25, 0.3) is 11.0 Å². The Balaban J connectivity index is 1.46. The number of aromatic nitrogens is 3. The number of rotatable bonds is 6. The SMILES string of the molecule is CC1=C[C@@H](CNC(=O)c2ccnc(Cl)c2)[C@H](C(C)C)C[C@H]1Cc1nc2ccc(C)cc2[nH]1. The Morgan fingerprint density at radius 3 is 2.81 bits per heavy atom. The van der Waals surface area contributed by atoms with E-state index in [0.717, 1.165) is 29.7 Å². The van der Waals surface area contributed by atoms with Gasteiger partial charge in [0, 0.05) is 24.7 Å². The minimum atomic E-state index is -0.109. The van der Waals surface area contributed by atoms with Gasteiger partial charge in [-0.15, -0.1) is 0 Å². The summed E-state index contributed by atoms with van der Waals surface area (Å²) in [4.78, 5) is 24.9. The Labute approximate surface area is 194 Å². The maximum absolute atomic E-state index is 12.6. The maximum Gasteiger partial charge on any atom is 0.251 e. The van der Waals surface area contributed by atoms with Crippen molar-refractivity contribution in [2.24, 2.45) is 23.7 Å². The molecule has 0 fully saturated rings. The number of aryl methyl sites for hydroxylation is 1. The number of halogens is 1. The van der Waals surface area contributed by atoms with E-state index in [1.807, 2.05) is 0 Å². The van der Waals surface area contributed by atoms with Crippen molar-refractivity contribution in [1.82, 2.24) is 20.3 Å². The number of imidazole rings is 1. The van der Waals surface area contributed by atoms with E-state index >= 15 is 0 Å². The van der Waals surface area contributed by atoms with Crippen molar-refractivity contribution < 1.29 is 4.79 Å². The monoisotopic (exact) mass is 450 g/mol. The lowest BCUT2D eigenvalue weighted by Gasteiger charge is -2.37. The predicted octanol–water partition coefficient (Wildman–Crippen LogP) is 5.75. The first-order valence-corrected chi connectivity index (χ1v) is 11.7. The van der Waals surface area contributed by atoms with Gasteiger partial charge in [0.1, 0.15) is 11.0 Å². The molecule has 2 heterocycles. The molecule has 2 aromatic heterocycles. The normalized spacial score (nSPS) is 21.1. The highest BCUT2D eigenvalue weighted by molar-refractivity contribution is 6.29. The fourth-order valence-corrected chi connectivity index (χ4v) is 5.04. The first kappa shape index (κ1) is 22.5. The molecule has 6 heteroatoms. The number of pyridine rings is 1. The molecule has 1 aliphatic rings. The number of carbonyl (C=O) groups excluding carboxylic acids is 1. The van der Waals surface area contributed by atoms with Crippen molar-refractivity contribution in [2.45, 2.75) is 40.5 Å². The Bertz CT molecular complexity index is 1150. The molecule has 2 N–H and O–H groups in total. The third kappa shape index (κ3) is 5.04. The average Bonchev–Trinajstić information content (AvgIpc) is 3.14. The van der Waals surface area contributed by atoms with Crippen LogP contribution in [0.4, 0.5) is 0 Å². The van der Waals surface area contributed by atoms with Crippen LogP contribution in [-0.4, -0.2) is 27.4 Å². The van der Waals surface area contributed by atoms with Gasteiger partial charge in [-0.25, -0.2) is 9.97 Å². The quantitative estimate of drug-likeness (QED) is 0.371.